The van der Waals surface area contributed by atoms with Crippen LogP contribution >= 0.6 is 0 Å². The fourth-order valence-corrected chi connectivity index (χ4v) is 4.90. The van der Waals surface area contributed by atoms with E-state index in [-0.39, 0.29) is 29.7 Å². The number of carbonyl (C=O) groups is 2. The van der Waals surface area contributed by atoms with Crippen LogP contribution in [0.3, 0.4) is 0 Å². The van der Waals surface area contributed by atoms with Gasteiger partial charge < -0.3 is 18.9 Å². The molecule has 186 valence electrons. The lowest BCUT2D eigenvalue weighted by Crippen LogP contribution is -2.30. The van der Waals surface area contributed by atoms with Gasteiger partial charge in [-0.25, -0.2) is 4.79 Å². The maximum absolute atomic E-state index is 13.0. The van der Waals surface area contributed by atoms with Crippen LogP contribution in [0.25, 0.3) is 6.08 Å². The fraction of sp³-hybridized carbons (Fsp3) is 0.444. The van der Waals surface area contributed by atoms with Crippen molar-refractivity contribution in [1.82, 2.24) is 14.4 Å². The summed E-state index contributed by atoms with van der Waals surface area (Å²) >= 11 is 0. The predicted octanol–water partition coefficient (Wildman–Crippen LogP) is 2.45. The molecule has 1 aromatic heterocycles. The molecule has 1 atom stereocenters. The molecule has 1 fully saturated rings. The van der Waals surface area contributed by atoms with Gasteiger partial charge in [0.05, 0.1) is 13.7 Å². The zero-order chi connectivity index (χ0) is 24.9. The van der Waals surface area contributed by atoms with Gasteiger partial charge in [-0.05, 0) is 12.5 Å². The molecule has 0 saturated carbocycles. The zero-order valence-corrected chi connectivity index (χ0v) is 20.7. The maximum atomic E-state index is 13.0. The molecule has 4 rings (SSSR count). The van der Waals surface area contributed by atoms with Crippen molar-refractivity contribution in [2.75, 3.05) is 46.9 Å². The number of hydrogen-bond donors (Lipinski definition) is 0. The van der Waals surface area contributed by atoms with Gasteiger partial charge in [0.25, 0.3) is 5.56 Å². The van der Waals surface area contributed by atoms with E-state index in [4.69, 9.17) is 9.47 Å². The molecule has 3 heterocycles. The lowest BCUT2D eigenvalue weighted by atomic mass is 10.1. The average molecular weight is 480 g/mol. The van der Waals surface area contributed by atoms with Crippen LogP contribution in [0, 0.1) is 5.92 Å². The maximum Gasteiger partial charge on any atom is 0.343 e. The first kappa shape index (κ1) is 24.7. The van der Waals surface area contributed by atoms with Crippen LogP contribution in [0.15, 0.2) is 46.8 Å². The van der Waals surface area contributed by atoms with E-state index < -0.39 is 5.97 Å². The largest absolute Gasteiger partial charge is 0.492 e. The van der Waals surface area contributed by atoms with Crippen molar-refractivity contribution in [2.24, 2.45) is 5.92 Å². The topological polar surface area (TPSA) is 81.1 Å². The molecule has 35 heavy (non-hydrogen) atoms. The number of fused-ring (bicyclic) bond motifs is 1. The van der Waals surface area contributed by atoms with E-state index >= 15 is 0 Å². The third-order valence-corrected chi connectivity index (χ3v) is 6.66. The first-order valence-electron chi connectivity index (χ1n) is 12.0. The fourth-order valence-electron chi connectivity index (χ4n) is 4.90. The summed E-state index contributed by atoms with van der Waals surface area (Å²) < 4.78 is 12.7. The molecule has 8 heteroatoms. The molecule has 0 bridgehead atoms. The second-order valence-electron chi connectivity index (χ2n) is 9.39. The molecule has 0 N–H and O–H groups in total. The van der Waals surface area contributed by atoms with E-state index in [0.29, 0.717) is 50.3 Å². The van der Waals surface area contributed by atoms with Crippen molar-refractivity contribution in [1.29, 1.82) is 0 Å². The smallest absolute Gasteiger partial charge is 0.343 e. The number of benzene rings is 1. The van der Waals surface area contributed by atoms with Gasteiger partial charge in [-0.2, -0.15) is 0 Å². The van der Waals surface area contributed by atoms with Gasteiger partial charge in [0, 0.05) is 70.3 Å². The molecule has 2 aliphatic rings. The molecule has 2 aromatic rings. The number of esters is 1. The molecule has 1 saturated heterocycles. The van der Waals surface area contributed by atoms with E-state index in [2.05, 4.69) is 30.0 Å². The highest BCUT2D eigenvalue weighted by Crippen LogP contribution is 2.26. The number of nitrogens with zero attached hydrogens (tertiary/aromatic N) is 3. The van der Waals surface area contributed by atoms with Gasteiger partial charge >= 0.3 is 5.97 Å². The second kappa shape index (κ2) is 10.9. The monoisotopic (exact) mass is 479 g/mol. The highest BCUT2D eigenvalue weighted by Gasteiger charge is 2.30. The van der Waals surface area contributed by atoms with Crippen LogP contribution in [0.1, 0.15) is 35.0 Å². The standard InChI is InChI=1S/C27H33N3O5/c1-19(13-20-7-5-4-6-8-20)16-29-10-9-22-26(27(33)34-3)23(15-25(32)30(22)12-11-29)35-18-21-14-24(31)28(2)17-21/h4-8,13,15,21H,9-12,14,16-18H2,1-3H3/b19-13+. The Morgan fingerprint density at radius 2 is 1.91 bits per heavy atom. The highest BCUT2D eigenvalue weighted by atomic mass is 16.5. The number of amides is 1. The number of hydrogen-bond acceptors (Lipinski definition) is 6. The third-order valence-electron chi connectivity index (χ3n) is 6.66. The van der Waals surface area contributed by atoms with E-state index in [9.17, 15) is 14.4 Å². The van der Waals surface area contributed by atoms with E-state index in [1.165, 1.54) is 18.7 Å². The number of rotatable bonds is 7. The van der Waals surface area contributed by atoms with Gasteiger partial charge in [0.2, 0.25) is 5.91 Å². The Kier molecular flexibility index (Phi) is 7.70. The number of aromatic nitrogens is 1. The summed E-state index contributed by atoms with van der Waals surface area (Å²) in [5.74, 6) is -0.180. The molecule has 1 amide bonds. The molecule has 1 aromatic carbocycles. The van der Waals surface area contributed by atoms with Crippen LogP contribution in [0.2, 0.25) is 0 Å². The first-order valence-corrected chi connectivity index (χ1v) is 12.0. The number of methoxy groups -OCH3 is 1. The highest BCUT2D eigenvalue weighted by molar-refractivity contribution is 5.93. The normalized spacial score (nSPS) is 18.8. The minimum Gasteiger partial charge on any atom is -0.492 e. The summed E-state index contributed by atoms with van der Waals surface area (Å²) in [4.78, 5) is 41.6. The Hall–Kier alpha value is -3.39. The summed E-state index contributed by atoms with van der Waals surface area (Å²) in [6.07, 6.45) is 3.10. The Labute approximate surface area is 205 Å². The first-order chi connectivity index (χ1) is 16.9. The molecule has 0 spiro atoms. The van der Waals surface area contributed by atoms with Crippen molar-refractivity contribution in [2.45, 2.75) is 26.3 Å². The SMILES string of the molecule is COC(=O)c1c(OCC2CC(=O)N(C)C2)cc(=O)n2c1CCN(C/C(C)=C/c1ccccc1)CC2. The molecule has 8 nitrogen and oxygen atoms in total. The van der Waals surface area contributed by atoms with Gasteiger partial charge in [0.1, 0.15) is 11.3 Å². The van der Waals surface area contributed by atoms with Gasteiger partial charge in [-0.1, -0.05) is 42.0 Å². The van der Waals surface area contributed by atoms with Crippen LogP contribution in [-0.4, -0.2) is 73.2 Å². The van der Waals surface area contributed by atoms with Crippen LogP contribution in [0.5, 0.6) is 5.75 Å². The van der Waals surface area contributed by atoms with Crippen molar-refractivity contribution < 1.29 is 19.1 Å². The predicted molar refractivity (Wildman–Crippen MR) is 134 cm³/mol. The van der Waals surface area contributed by atoms with Crippen molar-refractivity contribution in [3.63, 3.8) is 0 Å². The van der Waals surface area contributed by atoms with Crippen LogP contribution in [0.4, 0.5) is 0 Å². The summed E-state index contributed by atoms with van der Waals surface area (Å²) in [5, 5.41) is 0. The van der Waals surface area contributed by atoms with Crippen molar-refractivity contribution >= 4 is 18.0 Å². The lowest BCUT2D eigenvalue weighted by Gasteiger charge is -2.19. The minimum atomic E-state index is -0.517. The third kappa shape index (κ3) is 5.82. The van der Waals surface area contributed by atoms with Crippen molar-refractivity contribution in [3.8, 4) is 5.75 Å². The minimum absolute atomic E-state index is 0.0226. The van der Waals surface area contributed by atoms with Gasteiger partial charge in [-0.15, -0.1) is 0 Å². The van der Waals surface area contributed by atoms with E-state index in [0.717, 1.165) is 12.1 Å². The Bertz CT molecular complexity index is 1170. The van der Waals surface area contributed by atoms with Crippen LogP contribution in [-0.2, 0) is 22.5 Å². The van der Waals surface area contributed by atoms with Crippen molar-refractivity contribution in [3.05, 3.63) is 69.1 Å². The Balaban J connectivity index is 1.53. The molecule has 0 aliphatic carbocycles. The summed E-state index contributed by atoms with van der Waals surface area (Å²) in [7, 11) is 3.10. The number of ether oxygens (including phenoxy) is 2. The summed E-state index contributed by atoms with van der Waals surface area (Å²) in [6.45, 7) is 5.63. The van der Waals surface area contributed by atoms with Gasteiger partial charge in [-0.3, -0.25) is 14.5 Å². The Morgan fingerprint density at radius 3 is 2.60 bits per heavy atom. The van der Waals surface area contributed by atoms with Gasteiger partial charge in [0.15, 0.2) is 0 Å². The number of likely N-dealkylation sites (tertiary alicyclic amines) is 1. The molecule has 0 radical (unpaired) electrons. The summed E-state index contributed by atoms with van der Waals surface area (Å²) in [6, 6.07) is 11.6. The molecule has 2 aliphatic heterocycles. The lowest BCUT2D eigenvalue weighted by molar-refractivity contribution is -0.126. The molecule has 1 unspecified atom stereocenters. The summed E-state index contributed by atoms with van der Waals surface area (Å²) in [5.41, 5.74) is 3.14. The Morgan fingerprint density at radius 1 is 1.14 bits per heavy atom. The van der Waals surface area contributed by atoms with Crippen LogP contribution < -0.4 is 10.3 Å². The number of pyridine rings is 1. The number of carbonyl (C=O) groups excluding carboxylic acids is 2. The molecular weight excluding hydrogens is 446 g/mol. The second-order valence-corrected chi connectivity index (χ2v) is 9.39. The average Bonchev–Trinajstić information content (AvgIpc) is 3.02. The van der Waals surface area contributed by atoms with E-state index in [1.54, 1.807) is 16.5 Å². The quantitative estimate of drug-likeness (QED) is 0.568. The zero-order valence-electron chi connectivity index (χ0n) is 20.7. The molecular formula is C27H33N3O5. The van der Waals surface area contributed by atoms with E-state index in [1.807, 2.05) is 18.2 Å².